The Morgan fingerprint density at radius 2 is 0.893 bits per heavy atom. The molecule has 0 N–H and O–H groups in total. The van der Waals surface area contributed by atoms with Crippen LogP contribution in [0.2, 0.25) is 0 Å². The molecule has 0 spiro atoms. The van der Waals surface area contributed by atoms with E-state index in [0.717, 1.165) is 22.4 Å². The van der Waals surface area contributed by atoms with E-state index in [4.69, 9.17) is 0 Å². The molecule has 1 aliphatic rings. The summed E-state index contributed by atoms with van der Waals surface area (Å²) >= 11 is 0. The molecule has 3 radical (unpaired) electrons. The van der Waals surface area contributed by atoms with Crippen molar-refractivity contribution in [2.75, 3.05) is 0 Å². The van der Waals surface area contributed by atoms with Gasteiger partial charge in [-0.15, -0.1) is 74.6 Å². The Morgan fingerprint density at radius 3 is 1.41 bits per heavy atom. The maximum Gasteiger partial charge on any atom is 3.00 e. The predicted octanol–water partition coefficient (Wildman–Crippen LogP) is 13.4. The Balaban J connectivity index is 0.000000145. The average Bonchev–Trinajstić information content (AvgIpc) is 3.94. The molecule has 0 saturated heterocycles. The third-order valence-electron chi connectivity index (χ3n) is 10.7. The van der Waals surface area contributed by atoms with Gasteiger partial charge in [0, 0.05) is 0 Å². The van der Waals surface area contributed by atoms with Crippen molar-refractivity contribution >= 4 is 41.4 Å². The van der Waals surface area contributed by atoms with Crippen LogP contribution in [0.15, 0.2) is 152 Å². The first-order valence-corrected chi connectivity index (χ1v) is 21.5. The molecule has 1 heterocycles. The van der Waals surface area contributed by atoms with E-state index in [1.165, 1.54) is 126 Å². The molecule has 8 aromatic carbocycles. The molecule has 0 atom stereocenters. The van der Waals surface area contributed by atoms with E-state index in [-0.39, 0.29) is 26.2 Å². The molecule has 0 saturated carbocycles. The Bertz CT molecular complexity index is 2300. The standard InChI is InChI=1S/2C21H23.C12H7Si.Zr/c2*1-3-8-16-14-18-11-7-13-20(21(18)15-16)19-12-6-5-10-17(19)9-4-2;1-3-7-11-9(5-1)10-6-2-4-8-12(10)13-11;/h2*5-7,10-15H,3-4,8-9H2,1-2H3;1-7H;/q3*-1;+3. The summed E-state index contributed by atoms with van der Waals surface area (Å²) < 4.78 is 0. The molecule has 277 valence electrons. The molecule has 0 aliphatic carbocycles. The second-order valence-corrected chi connectivity index (χ2v) is 16.1. The van der Waals surface area contributed by atoms with E-state index < -0.39 is 0 Å². The number of aryl methyl sites for hydroxylation is 4. The fourth-order valence-electron chi connectivity index (χ4n) is 8.20. The van der Waals surface area contributed by atoms with Crippen LogP contribution >= 0.6 is 0 Å². The summed E-state index contributed by atoms with van der Waals surface area (Å²) in [5.74, 6) is 0. The first-order chi connectivity index (χ1) is 27.1. The number of hydrogen-bond acceptors (Lipinski definition) is 0. The summed E-state index contributed by atoms with van der Waals surface area (Å²) in [6, 6.07) is 58.7. The van der Waals surface area contributed by atoms with Crippen LogP contribution in [-0.2, 0) is 51.9 Å². The van der Waals surface area contributed by atoms with Crippen molar-refractivity contribution in [1.82, 2.24) is 0 Å². The van der Waals surface area contributed by atoms with Crippen LogP contribution in [0.25, 0.3) is 54.9 Å². The smallest absolute Gasteiger partial charge is 0.184 e. The number of rotatable bonds is 10. The zero-order valence-corrected chi connectivity index (χ0v) is 37.0. The minimum Gasteiger partial charge on any atom is -0.184 e. The minimum absolute atomic E-state index is 0. The van der Waals surface area contributed by atoms with Gasteiger partial charge in [-0.3, -0.25) is 0 Å². The van der Waals surface area contributed by atoms with Crippen LogP contribution in [0.1, 0.15) is 75.6 Å². The molecule has 2 heteroatoms. The zero-order chi connectivity index (χ0) is 38.0. The SMILES string of the molecule is CCCc1cc2c(-c3ccccc3CCC)cccc2[cH-]1.CCCc1cc2c(-c3ccccc3CCC)cccc2[cH-]1.[Zr+3].[c-]1cccc2c1[Si]c1ccccc1-2. The van der Waals surface area contributed by atoms with E-state index in [2.05, 4.69) is 179 Å². The van der Waals surface area contributed by atoms with Gasteiger partial charge in [0.15, 0.2) is 0 Å². The van der Waals surface area contributed by atoms with Crippen LogP contribution in [0.5, 0.6) is 0 Å². The van der Waals surface area contributed by atoms with Gasteiger partial charge in [0.05, 0.1) is 9.52 Å². The van der Waals surface area contributed by atoms with E-state index in [0.29, 0.717) is 0 Å². The molecule has 1 aliphatic heterocycles. The van der Waals surface area contributed by atoms with Crippen LogP contribution in [0.3, 0.4) is 0 Å². The molecule has 0 amide bonds. The Kier molecular flexibility index (Phi) is 14.9. The number of benzene rings is 6. The van der Waals surface area contributed by atoms with Gasteiger partial charge in [-0.1, -0.05) is 160 Å². The van der Waals surface area contributed by atoms with Gasteiger partial charge in [-0.2, -0.15) is 41.6 Å². The van der Waals surface area contributed by atoms with E-state index in [9.17, 15) is 0 Å². The summed E-state index contributed by atoms with van der Waals surface area (Å²) in [5.41, 5.74) is 14.2. The second kappa shape index (κ2) is 20.2. The molecule has 0 aromatic heterocycles. The van der Waals surface area contributed by atoms with Crippen molar-refractivity contribution in [3.63, 3.8) is 0 Å². The maximum absolute atomic E-state index is 3.31. The third kappa shape index (κ3) is 9.42. The topological polar surface area (TPSA) is 0 Å². The van der Waals surface area contributed by atoms with Crippen molar-refractivity contribution in [2.24, 2.45) is 0 Å². The van der Waals surface area contributed by atoms with E-state index >= 15 is 0 Å². The molecule has 0 nitrogen and oxygen atoms in total. The third-order valence-corrected chi connectivity index (χ3v) is 12.1. The van der Waals surface area contributed by atoms with Crippen LogP contribution in [0.4, 0.5) is 0 Å². The van der Waals surface area contributed by atoms with E-state index in [1.807, 2.05) is 6.07 Å². The minimum atomic E-state index is 0. The van der Waals surface area contributed by atoms with Gasteiger partial charge in [0.2, 0.25) is 0 Å². The Labute approximate surface area is 357 Å². The van der Waals surface area contributed by atoms with Gasteiger partial charge in [-0.25, -0.2) is 0 Å². The van der Waals surface area contributed by atoms with Gasteiger partial charge >= 0.3 is 26.2 Å². The van der Waals surface area contributed by atoms with Crippen molar-refractivity contribution in [3.8, 4) is 33.4 Å². The average molecular weight is 821 g/mol. The molecule has 0 unspecified atom stereocenters. The maximum atomic E-state index is 3.31. The first kappa shape index (κ1) is 41.3. The van der Waals surface area contributed by atoms with Crippen LogP contribution in [0, 0.1) is 6.07 Å². The van der Waals surface area contributed by atoms with Crippen molar-refractivity contribution < 1.29 is 26.2 Å². The summed E-state index contributed by atoms with van der Waals surface area (Å²) in [4.78, 5) is 0. The van der Waals surface area contributed by atoms with Gasteiger partial charge < -0.3 is 0 Å². The molecular formula is C54H53SiZr. The molecule has 0 fully saturated rings. The Morgan fingerprint density at radius 1 is 0.446 bits per heavy atom. The second-order valence-electron chi connectivity index (χ2n) is 14.8. The van der Waals surface area contributed by atoms with Gasteiger partial charge in [-0.05, 0) is 47.9 Å². The zero-order valence-electron chi connectivity index (χ0n) is 33.6. The fourth-order valence-corrected chi connectivity index (χ4v) is 9.51. The first-order valence-electron chi connectivity index (χ1n) is 20.5. The summed E-state index contributed by atoms with van der Waals surface area (Å²) in [7, 11) is 0.795. The molecule has 8 aromatic rings. The monoisotopic (exact) mass is 819 g/mol. The number of hydrogen-bond donors (Lipinski definition) is 0. The number of fused-ring (bicyclic) bond motifs is 5. The van der Waals surface area contributed by atoms with Crippen LogP contribution in [-0.4, -0.2) is 9.52 Å². The summed E-state index contributed by atoms with van der Waals surface area (Å²) in [6.07, 6.45) is 9.43. The fraction of sp³-hybridized carbons (Fsp3) is 0.222. The molecule has 56 heavy (non-hydrogen) atoms. The summed E-state index contributed by atoms with van der Waals surface area (Å²) in [5, 5.41) is 8.39. The van der Waals surface area contributed by atoms with Crippen LogP contribution < -0.4 is 10.4 Å². The quantitative estimate of drug-likeness (QED) is 0.0952. The molecular weight excluding hydrogens is 768 g/mol. The molecule has 9 rings (SSSR count). The summed E-state index contributed by atoms with van der Waals surface area (Å²) in [6.45, 7) is 8.99. The van der Waals surface area contributed by atoms with Crippen molar-refractivity contribution in [2.45, 2.75) is 79.1 Å². The van der Waals surface area contributed by atoms with Gasteiger partial charge in [0.1, 0.15) is 0 Å². The predicted molar refractivity (Wildman–Crippen MR) is 242 cm³/mol. The molecule has 0 bridgehead atoms. The Hall–Kier alpha value is -4.36. The largest absolute Gasteiger partial charge is 3.00 e. The van der Waals surface area contributed by atoms with Crippen molar-refractivity contribution in [3.05, 3.63) is 180 Å². The van der Waals surface area contributed by atoms with Gasteiger partial charge in [0.25, 0.3) is 0 Å². The van der Waals surface area contributed by atoms with E-state index in [1.54, 1.807) is 0 Å². The normalized spacial score (nSPS) is 11.2. The van der Waals surface area contributed by atoms with Crippen molar-refractivity contribution in [1.29, 1.82) is 0 Å².